The van der Waals surface area contributed by atoms with Crippen molar-refractivity contribution in [2.24, 2.45) is 0 Å². The molecule has 9 heterocycles. The topological polar surface area (TPSA) is 246 Å². The summed E-state index contributed by atoms with van der Waals surface area (Å²) < 4.78 is 28.1. The van der Waals surface area contributed by atoms with Gasteiger partial charge in [0.15, 0.2) is 0 Å². The van der Waals surface area contributed by atoms with E-state index in [1.165, 1.54) is 6.07 Å². The quantitative estimate of drug-likeness (QED) is 0.0315. The van der Waals surface area contributed by atoms with Crippen LogP contribution in [-0.2, 0) is 19.6 Å². The van der Waals surface area contributed by atoms with Gasteiger partial charge < -0.3 is 68.4 Å². The van der Waals surface area contributed by atoms with E-state index in [2.05, 4.69) is 102 Å². The molecule has 3 aromatic carbocycles. The molecule has 572 valence electrons. The van der Waals surface area contributed by atoms with Crippen LogP contribution < -0.4 is 51.6 Å². The van der Waals surface area contributed by atoms with Gasteiger partial charge in [0.25, 0.3) is 16.7 Å². The fourth-order valence-corrected chi connectivity index (χ4v) is 13.2. The zero-order valence-corrected chi connectivity index (χ0v) is 64.7. The zero-order chi connectivity index (χ0) is 76.8. The van der Waals surface area contributed by atoms with Crippen molar-refractivity contribution < 1.29 is 24.1 Å². The van der Waals surface area contributed by atoms with E-state index in [1.54, 1.807) is 94.4 Å². The number of ether oxygens (including phenoxy) is 4. The van der Waals surface area contributed by atoms with Gasteiger partial charge in [-0.15, -0.1) is 0 Å². The second kappa shape index (κ2) is 39.8. The minimum Gasteiger partial charge on any atom is -0.507 e. The van der Waals surface area contributed by atoms with Crippen LogP contribution in [0.1, 0.15) is 75.3 Å². The fraction of sp³-hybridized carbons (Fsp3) is 0.321. The molecule has 0 radical (unpaired) electrons. The number of aromatic nitrogens is 9. The Kier molecular flexibility index (Phi) is 30.0. The molecular weight excluding hydrogens is 1420 g/mol. The Balaban J connectivity index is 0.000000188. The summed E-state index contributed by atoms with van der Waals surface area (Å²) in [5, 5.41) is 23.2. The van der Waals surface area contributed by atoms with Crippen molar-refractivity contribution in [2.45, 2.75) is 96.3 Å². The molecule has 0 fully saturated rings. The highest BCUT2D eigenvalue weighted by Gasteiger charge is 2.21. The van der Waals surface area contributed by atoms with Crippen LogP contribution in [0.2, 0.25) is 10.0 Å². The molecule has 23 nitrogen and oxygen atoms in total. The van der Waals surface area contributed by atoms with Gasteiger partial charge in [-0.2, -0.15) is 0 Å². The van der Waals surface area contributed by atoms with Crippen LogP contribution >= 0.6 is 23.2 Å². The van der Waals surface area contributed by atoms with Crippen molar-refractivity contribution >= 4 is 90.8 Å². The van der Waals surface area contributed by atoms with Gasteiger partial charge in [-0.05, 0) is 157 Å². The standard InChI is InChI=1S/C28H32ClN5O3.C28H33N5O2.C27H30ClN5O3.CH4/c1-5-33(6-2)13-14-37-20-11-12-25(31-18-20)32-26-16-23-19(17-30-26)15-21(28(35)34(23)7-3)27-22(29)9-8-10-24(27)36-4;1-5-32(6-2)14-15-35-22-12-13-26(30-19-22)31-27-17-25-21(18-29-27)16-24(28(34)33(25)7-3)23-11-9-8-10-20(23)4;1-4-32(5-2)12-13-36-19-10-11-24(30-17-19)31-25-15-22-18(16-29-25)14-20(27(35)33(22)6-3)26-21(28)8-7-9-23(26)34;/h8-12,15-18H,5-7,13-14H2,1-4H3,(H,30,31,32);8-13,16-19H,5-7,14-15H2,1-4H3,(H,29,30,31);7-11,14-17,34H,4-6,12-13H2,1-3H3,(H,29,30,31);1H4. The third-order valence-corrected chi connectivity index (χ3v) is 19.4. The monoisotopic (exact) mass is 1520 g/mol. The first kappa shape index (κ1) is 82.1. The molecule has 0 unspecified atom stereocenters. The van der Waals surface area contributed by atoms with Crippen LogP contribution in [-0.4, -0.2) is 149 Å². The van der Waals surface area contributed by atoms with Gasteiger partial charge in [0.2, 0.25) is 0 Å². The van der Waals surface area contributed by atoms with Crippen molar-refractivity contribution in [1.82, 2.24) is 58.3 Å². The number of phenols is 1. The van der Waals surface area contributed by atoms with Crippen LogP contribution in [0.5, 0.6) is 28.7 Å². The Morgan fingerprint density at radius 2 is 0.752 bits per heavy atom. The number of halogens is 2. The van der Waals surface area contributed by atoms with E-state index in [-0.39, 0.29) is 29.9 Å². The smallest absolute Gasteiger partial charge is 0.259 e. The average Bonchev–Trinajstić information content (AvgIpc) is 0.776. The summed E-state index contributed by atoms with van der Waals surface area (Å²) in [4.78, 5) is 74.0. The Morgan fingerprint density at radius 3 is 1.10 bits per heavy atom. The zero-order valence-electron chi connectivity index (χ0n) is 63.2. The predicted octanol–water partition coefficient (Wildman–Crippen LogP) is 16.8. The van der Waals surface area contributed by atoms with E-state index in [4.69, 9.17) is 42.1 Å². The number of nitrogens with one attached hydrogen (secondary N) is 3. The summed E-state index contributed by atoms with van der Waals surface area (Å²) in [7, 11) is 1.56. The van der Waals surface area contributed by atoms with Gasteiger partial charge in [0.1, 0.15) is 83.5 Å². The van der Waals surface area contributed by atoms with Crippen LogP contribution in [0.4, 0.5) is 34.9 Å². The molecule has 9 aromatic heterocycles. The van der Waals surface area contributed by atoms with E-state index >= 15 is 0 Å². The van der Waals surface area contributed by atoms with Gasteiger partial charge in [-0.1, -0.05) is 109 Å². The van der Waals surface area contributed by atoms with E-state index in [1.807, 2.05) is 119 Å². The lowest BCUT2D eigenvalue weighted by molar-refractivity contribution is 0.222. The second-order valence-corrected chi connectivity index (χ2v) is 25.9. The maximum absolute atomic E-state index is 13.5. The number of anilines is 6. The van der Waals surface area contributed by atoms with Crippen LogP contribution in [0, 0.1) is 6.92 Å². The normalized spacial score (nSPS) is 11.1. The molecule has 0 aliphatic carbocycles. The van der Waals surface area contributed by atoms with Gasteiger partial charge >= 0.3 is 0 Å². The number of pyridine rings is 9. The van der Waals surface area contributed by atoms with Crippen molar-refractivity contribution in [2.75, 3.05) is 102 Å². The summed E-state index contributed by atoms with van der Waals surface area (Å²) in [6.07, 6.45) is 10.3. The molecule has 12 rings (SSSR count). The molecule has 0 aliphatic rings. The maximum atomic E-state index is 13.5. The second-order valence-electron chi connectivity index (χ2n) is 25.1. The number of aryl methyl sites for hydroxylation is 4. The van der Waals surface area contributed by atoms with Crippen molar-refractivity contribution in [1.29, 1.82) is 0 Å². The van der Waals surface area contributed by atoms with Crippen molar-refractivity contribution in [3.63, 3.8) is 0 Å². The summed E-state index contributed by atoms with van der Waals surface area (Å²) in [6, 6.07) is 40.3. The third kappa shape index (κ3) is 20.5. The SMILES string of the molecule is C.CCN(CC)CCOc1ccc(Nc2cc3c(cn2)cc(-c2c(Cl)cccc2OC)c(=O)n3CC)nc1.CCN(CC)CCOc1ccc(Nc2cc3c(cn2)cc(-c2c(O)cccc2Cl)c(=O)n3CC)nc1.CCN(CC)CCOc1ccc(Nc2cc3c(cn2)cc(-c2ccccc2C)c(=O)n3CC)nc1. The lowest BCUT2D eigenvalue weighted by Gasteiger charge is -2.18. The number of methoxy groups -OCH3 is 1. The maximum Gasteiger partial charge on any atom is 0.259 e. The minimum atomic E-state index is -0.241. The Morgan fingerprint density at radius 1 is 0.404 bits per heavy atom. The molecule has 25 heteroatoms. The summed E-state index contributed by atoms with van der Waals surface area (Å²) in [5.74, 6) is 6.33. The number of likely N-dealkylation sites (N-methyl/N-ethyl adjacent to an activating group) is 3. The van der Waals surface area contributed by atoms with Gasteiger partial charge in [0, 0.05) is 109 Å². The lowest BCUT2D eigenvalue weighted by atomic mass is 10.0. The number of fused-ring (bicyclic) bond motifs is 3. The molecule has 0 atom stereocenters. The number of hydrogen-bond acceptors (Lipinski definition) is 20. The van der Waals surface area contributed by atoms with Gasteiger partial charge in [-0.3, -0.25) is 14.4 Å². The van der Waals surface area contributed by atoms with Crippen LogP contribution in [0.3, 0.4) is 0 Å². The Labute approximate surface area is 647 Å². The van der Waals surface area contributed by atoms with Crippen LogP contribution in [0.25, 0.3) is 66.1 Å². The largest absolute Gasteiger partial charge is 0.507 e. The predicted molar refractivity (Wildman–Crippen MR) is 443 cm³/mol. The minimum absolute atomic E-state index is 0. The van der Waals surface area contributed by atoms with Crippen LogP contribution in [0.15, 0.2) is 185 Å². The molecule has 0 spiro atoms. The highest BCUT2D eigenvalue weighted by atomic mass is 35.5. The Bertz CT molecular complexity index is 5170. The van der Waals surface area contributed by atoms with Crippen molar-refractivity contribution in [3.8, 4) is 62.1 Å². The average molecular weight is 1520 g/mol. The van der Waals surface area contributed by atoms with Gasteiger partial charge in [-0.25, -0.2) is 29.9 Å². The molecule has 0 amide bonds. The van der Waals surface area contributed by atoms with Crippen molar-refractivity contribution in [3.05, 3.63) is 217 Å². The van der Waals surface area contributed by atoms with E-state index in [9.17, 15) is 19.5 Å². The number of benzene rings is 3. The number of hydrogen-bond donors (Lipinski definition) is 4. The fourth-order valence-electron chi connectivity index (χ4n) is 12.6. The number of rotatable bonds is 31. The first-order valence-electron chi connectivity index (χ1n) is 36.7. The third-order valence-electron chi connectivity index (χ3n) is 18.7. The van der Waals surface area contributed by atoms with E-state index in [0.717, 1.165) is 103 Å². The lowest BCUT2D eigenvalue weighted by Crippen LogP contribution is -2.27. The number of phenolic OH excluding ortho intramolecular Hbond substituents is 1. The molecule has 0 saturated heterocycles. The number of aromatic hydroxyl groups is 1. The summed E-state index contributed by atoms with van der Waals surface area (Å²) >= 11 is 12.8. The van der Waals surface area contributed by atoms with E-state index < -0.39 is 0 Å². The molecule has 0 bridgehead atoms. The molecule has 4 N–H and O–H groups in total. The number of nitrogens with zero attached hydrogens (tertiary/aromatic N) is 12. The summed E-state index contributed by atoms with van der Waals surface area (Å²) in [5.41, 5.74) is 6.33. The molecule has 109 heavy (non-hydrogen) atoms. The van der Waals surface area contributed by atoms with E-state index in [0.29, 0.717) is 135 Å². The molecule has 0 aliphatic heterocycles. The molecular formula is C84H99Cl2N15O8. The highest BCUT2D eigenvalue weighted by Crippen LogP contribution is 2.38. The molecule has 12 aromatic rings. The van der Waals surface area contributed by atoms with Gasteiger partial charge in [0.05, 0.1) is 63.4 Å². The summed E-state index contributed by atoms with van der Waals surface area (Å²) in [6.45, 7) is 32.6. The molecule has 0 saturated carbocycles. The highest BCUT2D eigenvalue weighted by molar-refractivity contribution is 6.34. The first-order chi connectivity index (χ1) is 52.5. The first-order valence-corrected chi connectivity index (χ1v) is 37.4. The Hall–Kier alpha value is -11.0.